The van der Waals surface area contributed by atoms with Gasteiger partial charge in [-0.05, 0) is 46.1 Å². The van der Waals surface area contributed by atoms with Gasteiger partial charge < -0.3 is 25.4 Å². The lowest BCUT2D eigenvalue weighted by Crippen LogP contribution is -2.40. The van der Waals surface area contributed by atoms with Crippen LogP contribution < -0.4 is 15.5 Å². The van der Waals surface area contributed by atoms with Gasteiger partial charge in [-0.15, -0.1) is 0 Å². The van der Waals surface area contributed by atoms with E-state index >= 15 is 4.39 Å². The molecule has 28 heavy (non-hydrogen) atoms. The van der Waals surface area contributed by atoms with E-state index in [1.54, 1.807) is 20.8 Å². The topological polar surface area (TPSA) is 90.9 Å². The number of carboxylic acids is 1. The summed E-state index contributed by atoms with van der Waals surface area (Å²) in [5.74, 6) is -3.24. The highest BCUT2D eigenvalue weighted by Crippen LogP contribution is 2.37. The van der Waals surface area contributed by atoms with Gasteiger partial charge in [0.1, 0.15) is 11.3 Å². The van der Waals surface area contributed by atoms with Crippen molar-refractivity contribution in [1.82, 2.24) is 5.32 Å². The Morgan fingerprint density at radius 1 is 1.21 bits per heavy atom. The third-order valence-corrected chi connectivity index (χ3v) is 4.58. The van der Waals surface area contributed by atoms with Crippen molar-refractivity contribution in [2.75, 3.05) is 23.3 Å². The number of aromatic carboxylic acids is 1. The molecule has 1 saturated heterocycles. The molecule has 2 fully saturated rings. The first-order valence-corrected chi connectivity index (χ1v) is 9.31. The van der Waals surface area contributed by atoms with E-state index < -0.39 is 34.9 Å². The van der Waals surface area contributed by atoms with Crippen LogP contribution in [0.3, 0.4) is 0 Å². The van der Waals surface area contributed by atoms with Gasteiger partial charge in [0.2, 0.25) is 0 Å². The van der Waals surface area contributed by atoms with Crippen LogP contribution in [-0.4, -0.2) is 47.9 Å². The zero-order chi connectivity index (χ0) is 20.6. The first-order valence-electron chi connectivity index (χ1n) is 9.31. The highest BCUT2D eigenvalue weighted by molar-refractivity contribution is 5.95. The van der Waals surface area contributed by atoms with Crippen molar-refractivity contribution in [3.63, 3.8) is 0 Å². The van der Waals surface area contributed by atoms with Crippen molar-refractivity contribution in [3.8, 4) is 0 Å². The number of carboxylic acid groups (broad SMARTS) is 1. The molecule has 1 unspecified atom stereocenters. The van der Waals surface area contributed by atoms with Crippen LogP contribution in [0.25, 0.3) is 0 Å². The fourth-order valence-corrected chi connectivity index (χ4v) is 3.20. The van der Waals surface area contributed by atoms with Crippen molar-refractivity contribution in [3.05, 3.63) is 23.3 Å². The zero-order valence-corrected chi connectivity index (χ0v) is 16.1. The molecule has 3 N–H and O–H groups in total. The minimum absolute atomic E-state index is 0.00562. The van der Waals surface area contributed by atoms with E-state index in [4.69, 9.17) is 4.74 Å². The average Bonchev–Trinajstić information content (AvgIpc) is 3.26. The van der Waals surface area contributed by atoms with Gasteiger partial charge in [0, 0.05) is 19.1 Å². The number of rotatable bonds is 5. The van der Waals surface area contributed by atoms with Gasteiger partial charge in [-0.2, -0.15) is 0 Å². The van der Waals surface area contributed by atoms with Crippen LogP contribution in [0.4, 0.5) is 25.0 Å². The van der Waals surface area contributed by atoms with Crippen LogP contribution >= 0.6 is 0 Å². The molecule has 1 saturated carbocycles. The monoisotopic (exact) mass is 397 g/mol. The molecule has 1 aliphatic heterocycles. The number of anilines is 2. The maximum absolute atomic E-state index is 15.1. The van der Waals surface area contributed by atoms with Crippen molar-refractivity contribution < 1.29 is 28.2 Å². The molecule has 0 bridgehead atoms. The minimum Gasteiger partial charge on any atom is -0.478 e. The van der Waals surface area contributed by atoms with Gasteiger partial charge >= 0.3 is 12.1 Å². The van der Waals surface area contributed by atoms with Crippen LogP contribution in [-0.2, 0) is 4.74 Å². The molecule has 1 aromatic carbocycles. The lowest BCUT2D eigenvalue weighted by Gasteiger charge is -2.24. The maximum Gasteiger partial charge on any atom is 0.407 e. The number of ether oxygens (including phenoxy) is 1. The second-order valence-electron chi connectivity index (χ2n) is 8.25. The largest absolute Gasteiger partial charge is 0.478 e. The number of alkyl carbamates (subject to hydrolysis) is 1. The summed E-state index contributed by atoms with van der Waals surface area (Å²) in [6.45, 7) is 5.76. The molecular formula is C19H25F2N3O4. The molecule has 154 valence electrons. The molecule has 1 aliphatic carbocycles. The average molecular weight is 397 g/mol. The molecule has 0 radical (unpaired) electrons. The summed E-state index contributed by atoms with van der Waals surface area (Å²) in [5.41, 5.74) is -1.53. The summed E-state index contributed by atoms with van der Waals surface area (Å²) in [7, 11) is 0. The van der Waals surface area contributed by atoms with Gasteiger partial charge in [0.25, 0.3) is 0 Å². The van der Waals surface area contributed by atoms with Crippen LogP contribution in [0.15, 0.2) is 6.07 Å². The Bertz CT molecular complexity index is 790. The summed E-state index contributed by atoms with van der Waals surface area (Å²) in [6, 6.07) is 0.527. The Labute approximate surface area is 162 Å². The lowest BCUT2D eigenvalue weighted by atomic mass is 10.1. The van der Waals surface area contributed by atoms with Gasteiger partial charge in [-0.1, -0.05) is 0 Å². The molecule has 1 amide bonds. The Morgan fingerprint density at radius 3 is 2.46 bits per heavy atom. The predicted molar refractivity (Wildman–Crippen MR) is 99.9 cm³/mol. The quantitative estimate of drug-likeness (QED) is 0.706. The highest BCUT2D eigenvalue weighted by Gasteiger charge is 2.33. The van der Waals surface area contributed by atoms with E-state index in [9.17, 15) is 19.1 Å². The van der Waals surface area contributed by atoms with E-state index in [0.29, 0.717) is 13.0 Å². The third-order valence-electron chi connectivity index (χ3n) is 4.58. The third kappa shape index (κ3) is 4.63. The lowest BCUT2D eigenvalue weighted by molar-refractivity contribution is 0.0508. The Balaban J connectivity index is 1.78. The van der Waals surface area contributed by atoms with Gasteiger partial charge in [0.05, 0.1) is 17.3 Å². The molecule has 1 heterocycles. The molecule has 7 nitrogen and oxygen atoms in total. The number of hydrogen-bond acceptors (Lipinski definition) is 5. The standard InChI is InChI=1S/C19H25F2N3O4/c1-19(2,3)28-18(27)23-11-6-7-24(9-11)16-13(20)8-12(17(25)26)15(14(16)21)22-10-4-5-10/h8,10-11,22H,4-7,9H2,1-3H3,(H,23,27)(H,25,26). The molecule has 0 aromatic heterocycles. The van der Waals surface area contributed by atoms with E-state index in [-0.39, 0.29) is 30.0 Å². The summed E-state index contributed by atoms with van der Waals surface area (Å²) >= 11 is 0. The number of carbonyl (C=O) groups excluding carboxylic acids is 1. The first-order chi connectivity index (χ1) is 13.0. The predicted octanol–water partition coefficient (Wildman–Crippen LogP) is 3.34. The summed E-state index contributed by atoms with van der Waals surface area (Å²) in [5, 5.41) is 14.8. The highest BCUT2D eigenvalue weighted by atomic mass is 19.1. The number of amides is 1. The van der Waals surface area contributed by atoms with Crippen molar-refractivity contribution in [2.45, 2.75) is 57.7 Å². The second-order valence-corrected chi connectivity index (χ2v) is 8.25. The van der Waals surface area contributed by atoms with E-state index in [1.165, 1.54) is 4.90 Å². The number of carbonyl (C=O) groups is 2. The Morgan fingerprint density at radius 2 is 1.89 bits per heavy atom. The molecule has 1 atom stereocenters. The van der Waals surface area contributed by atoms with Crippen molar-refractivity contribution >= 4 is 23.4 Å². The number of nitrogens with zero attached hydrogens (tertiary/aromatic N) is 1. The fraction of sp³-hybridized carbons (Fsp3) is 0.579. The van der Waals surface area contributed by atoms with Crippen molar-refractivity contribution in [2.24, 2.45) is 0 Å². The smallest absolute Gasteiger partial charge is 0.407 e. The number of hydrogen-bond donors (Lipinski definition) is 3. The summed E-state index contributed by atoms with van der Waals surface area (Å²) in [6.07, 6.45) is 1.54. The number of halogens is 2. The SMILES string of the molecule is CC(C)(C)OC(=O)NC1CCN(c2c(F)cc(C(=O)O)c(NC3CC3)c2F)C1. The molecular weight excluding hydrogens is 372 g/mol. The second kappa shape index (κ2) is 7.44. The zero-order valence-electron chi connectivity index (χ0n) is 16.1. The van der Waals surface area contributed by atoms with Crippen LogP contribution in [0.2, 0.25) is 0 Å². The first kappa shape index (κ1) is 20.2. The summed E-state index contributed by atoms with van der Waals surface area (Å²) in [4.78, 5) is 24.8. The minimum atomic E-state index is -1.39. The van der Waals surface area contributed by atoms with Crippen LogP contribution in [0.5, 0.6) is 0 Å². The van der Waals surface area contributed by atoms with E-state index in [2.05, 4.69) is 10.6 Å². The summed E-state index contributed by atoms with van der Waals surface area (Å²) < 4.78 is 34.9. The van der Waals surface area contributed by atoms with Gasteiger partial charge in [-0.25, -0.2) is 18.4 Å². The fourth-order valence-electron chi connectivity index (χ4n) is 3.20. The van der Waals surface area contributed by atoms with Crippen LogP contribution in [0.1, 0.15) is 50.4 Å². The maximum atomic E-state index is 15.1. The Hall–Kier alpha value is -2.58. The van der Waals surface area contributed by atoms with Crippen molar-refractivity contribution in [1.29, 1.82) is 0 Å². The molecule has 0 spiro atoms. The number of nitrogens with one attached hydrogen (secondary N) is 2. The van der Waals surface area contributed by atoms with Gasteiger partial charge in [-0.3, -0.25) is 0 Å². The molecule has 1 aromatic rings. The molecule has 3 rings (SSSR count). The molecule has 2 aliphatic rings. The molecule has 9 heteroatoms. The van der Waals surface area contributed by atoms with Crippen LogP contribution in [0, 0.1) is 11.6 Å². The van der Waals surface area contributed by atoms with E-state index in [0.717, 1.165) is 18.9 Å². The normalized spacial score (nSPS) is 19.5. The van der Waals surface area contributed by atoms with E-state index in [1.807, 2.05) is 0 Å². The van der Waals surface area contributed by atoms with Gasteiger partial charge in [0.15, 0.2) is 11.6 Å². The Kier molecular flexibility index (Phi) is 5.36. The number of benzene rings is 1.